The van der Waals surface area contributed by atoms with Gasteiger partial charge in [0.2, 0.25) is 0 Å². The van der Waals surface area contributed by atoms with E-state index in [0.29, 0.717) is 5.96 Å². The Morgan fingerprint density at radius 1 is 1.71 bits per heavy atom. The molecule has 0 aromatic rings. The molecule has 78 valence electrons. The summed E-state index contributed by atoms with van der Waals surface area (Å²) in [6.07, 6.45) is 5.92. The lowest BCUT2D eigenvalue weighted by Crippen LogP contribution is -2.55. The van der Waals surface area contributed by atoms with Crippen LogP contribution in [0.25, 0.3) is 0 Å². The summed E-state index contributed by atoms with van der Waals surface area (Å²) >= 11 is 0. The summed E-state index contributed by atoms with van der Waals surface area (Å²) in [4.78, 5) is 6.58. The minimum Gasteiger partial charge on any atom is -0.370 e. The summed E-state index contributed by atoms with van der Waals surface area (Å²) < 4.78 is 0. The lowest BCUT2D eigenvalue weighted by molar-refractivity contribution is 0.0884. The number of aliphatic imine (C=N–C) groups is 1. The van der Waals surface area contributed by atoms with Gasteiger partial charge in [0.05, 0.1) is 12.1 Å². The Balaban J connectivity index is 2.14. The number of nitrogens with zero attached hydrogens (tertiary/aromatic N) is 2. The molecule has 0 aromatic heterocycles. The van der Waals surface area contributed by atoms with Crippen molar-refractivity contribution >= 4 is 5.96 Å². The average molecular weight is 193 g/mol. The molecule has 1 saturated carbocycles. The van der Waals surface area contributed by atoms with E-state index >= 15 is 0 Å². The summed E-state index contributed by atoms with van der Waals surface area (Å²) in [6.45, 7) is 7.74. The fourth-order valence-corrected chi connectivity index (χ4v) is 2.48. The molecule has 3 nitrogen and oxygen atoms in total. The van der Waals surface area contributed by atoms with E-state index in [1.54, 1.807) is 0 Å². The molecule has 1 aliphatic carbocycles. The molecule has 3 heteroatoms. The predicted octanol–water partition coefficient (Wildman–Crippen LogP) is 1.36. The van der Waals surface area contributed by atoms with E-state index in [-0.39, 0.29) is 5.54 Å². The first kappa shape index (κ1) is 9.56. The van der Waals surface area contributed by atoms with Crippen LogP contribution in [-0.4, -0.2) is 29.5 Å². The fourth-order valence-electron chi connectivity index (χ4n) is 2.48. The summed E-state index contributed by atoms with van der Waals surface area (Å²) in [5.74, 6) is 1.46. The predicted molar refractivity (Wildman–Crippen MR) is 59.1 cm³/mol. The van der Waals surface area contributed by atoms with Gasteiger partial charge < -0.3 is 10.6 Å². The molecule has 0 amide bonds. The van der Waals surface area contributed by atoms with Crippen LogP contribution < -0.4 is 5.73 Å². The van der Waals surface area contributed by atoms with Crippen LogP contribution in [0.5, 0.6) is 0 Å². The van der Waals surface area contributed by atoms with Crippen LogP contribution in [0.1, 0.15) is 26.2 Å². The minimum atomic E-state index is 0.163. The molecule has 0 radical (unpaired) electrons. The van der Waals surface area contributed by atoms with E-state index in [4.69, 9.17) is 5.73 Å². The van der Waals surface area contributed by atoms with Crippen LogP contribution in [0.3, 0.4) is 0 Å². The first-order chi connectivity index (χ1) is 6.68. The number of hydrogen-bond acceptors (Lipinski definition) is 3. The average Bonchev–Trinajstić information content (AvgIpc) is 2.30. The smallest absolute Gasteiger partial charge is 0.192 e. The molecule has 2 rings (SSSR count). The third-order valence-corrected chi connectivity index (χ3v) is 3.75. The molecule has 0 spiro atoms. The second-order valence-electron chi connectivity index (χ2n) is 4.56. The third kappa shape index (κ3) is 1.22. The van der Waals surface area contributed by atoms with Crippen LogP contribution in [0.15, 0.2) is 17.6 Å². The van der Waals surface area contributed by atoms with E-state index in [1.165, 1.54) is 19.3 Å². The van der Waals surface area contributed by atoms with Crippen LogP contribution in [0, 0.1) is 5.92 Å². The van der Waals surface area contributed by atoms with Gasteiger partial charge in [-0.2, -0.15) is 0 Å². The van der Waals surface area contributed by atoms with Crippen LogP contribution in [-0.2, 0) is 0 Å². The zero-order chi connectivity index (χ0) is 10.2. The molecule has 1 aliphatic heterocycles. The molecule has 2 aliphatic rings. The molecule has 0 bridgehead atoms. The van der Waals surface area contributed by atoms with Gasteiger partial charge in [-0.05, 0) is 25.7 Å². The molecule has 1 unspecified atom stereocenters. The lowest BCUT2D eigenvalue weighted by atomic mass is 9.71. The van der Waals surface area contributed by atoms with Gasteiger partial charge in [-0.15, -0.1) is 6.58 Å². The van der Waals surface area contributed by atoms with E-state index in [1.807, 2.05) is 6.08 Å². The normalized spacial score (nSPS) is 32.6. The van der Waals surface area contributed by atoms with Gasteiger partial charge in [0.1, 0.15) is 0 Å². The van der Waals surface area contributed by atoms with Crippen LogP contribution in [0.2, 0.25) is 0 Å². The highest BCUT2D eigenvalue weighted by atomic mass is 15.4. The van der Waals surface area contributed by atoms with Gasteiger partial charge in [0.25, 0.3) is 0 Å². The largest absolute Gasteiger partial charge is 0.370 e. The Morgan fingerprint density at radius 2 is 2.43 bits per heavy atom. The molecule has 0 saturated heterocycles. The first-order valence-electron chi connectivity index (χ1n) is 5.37. The van der Waals surface area contributed by atoms with E-state index in [2.05, 4.69) is 23.4 Å². The van der Waals surface area contributed by atoms with Gasteiger partial charge in [-0.1, -0.05) is 12.5 Å². The molecule has 14 heavy (non-hydrogen) atoms. The molecule has 0 aromatic carbocycles. The van der Waals surface area contributed by atoms with Crippen molar-refractivity contribution in [3.8, 4) is 0 Å². The van der Waals surface area contributed by atoms with Crippen molar-refractivity contribution in [2.75, 3.05) is 13.1 Å². The highest BCUT2D eigenvalue weighted by molar-refractivity contribution is 5.81. The number of hydrogen-bond donors (Lipinski definition) is 1. The van der Waals surface area contributed by atoms with Crippen molar-refractivity contribution in [1.29, 1.82) is 0 Å². The summed E-state index contributed by atoms with van der Waals surface area (Å²) in [5.41, 5.74) is 6.05. The monoisotopic (exact) mass is 193 g/mol. The van der Waals surface area contributed by atoms with E-state index in [9.17, 15) is 0 Å². The Labute approximate surface area is 85.7 Å². The Hall–Kier alpha value is -0.990. The number of nitrogens with two attached hydrogens (primary N) is 1. The maximum absolute atomic E-state index is 5.89. The Morgan fingerprint density at radius 3 is 2.93 bits per heavy atom. The lowest BCUT2D eigenvalue weighted by Gasteiger charge is -2.46. The van der Waals surface area contributed by atoms with E-state index < -0.39 is 0 Å². The summed E-state index contributed by atoms with van der Waals surface area (Å²) in [5, 5.41) is 0. The highest BCUT2D eigenvalue weighted by Crippen LogP contribution is 2.41. The van der Waals surface area contributed by atoms with Crippen molar-refractivity contribution < 1.29 is 0 Å². The van der Waals surface area contributed by atoms with Crippen molar-refractivity contribution in [3.05, 3.63) is 12.7 Å². The Kier molecular flexibility index (Phi) is 2.25. The summed E-state index contributed by atoms with van der Waals surface area (Å²) in [7, 11) is 0. The van der Waals surface area contributed by atoms with Crippen molar-refractivity contribution in [2.24, 2.45) is 16.6 Å². The zero-order valence-electron chi connectivity index (χ0n) is 8.87. The molecule has 1 heterocycles. The molecular weight excluding hydrogens is 174 g/mol. The maximum Gasteiger partial charge on any atom is 0.192 e. The third-order valence-electron chi connectivity index (χ3n) is 3.75. The van der Waals surface area contributed by atoms with Gasteiger partial charge in [-0.3, -0.25) is 4.99 Å². The first-order valence-corrected chi connectivity index (χ1v) is 5.37. The highest BCUT2D eigenvalue weighted by Gasteiger charge is 2.45. The molecule has 2 N–H and O–H groups in total. The quantitative estimate of drug-likeness (QED) is 0.688. The van der Waals surface area contributed by atoms with Gasteiger partial charge in [-0.25, -0.2) is 0 Å². The summed E-state index contributed by atoms with van der Waals surface area (Å²) in [6, 6.07) is 0. The maximum atomic E-state index is 5.89. The van der Waals surface area contributed by atoms with Crippen molar-refractivity contribution in [2.45, 2.75) is 31.7 Å². The second-order valence-corrected chi connectivity index (χ2v) is 4.56. The van der Waals surface area contributed by atoms with Gasteiger partial charge in [0, 0.05) is 6.54 Å². The number of guanidine groups is 1. The number of rotatable bonds is 3. The van der Waals surface area contributed by atoms with Gasteiger partial charge in [0.15, 0.2) is 5.96 Å². The molecule has 1 atom stereocenters. The topological polar surface area (TPSA) is 41.6 Å². The van der Waals surface area contributed by atoms with Crippen molar-refractivity contribution in [3.63, 3.8) is 0 Å². The van der Waals surface area contributed by atoms with Crippen LogP contribution in [0.4, 0.5) is 0 Å². The standard InChI is InChI=1S/C11H19N3/c1-3-7-14-10(12)13-8-11(14,2)9-5-4-6-9/h3,9H,1,4-8H2,2H3,(H2,12,13). The molecule has 1 fully saturated rings. The van der Waals surface area contributed by atoms with Crippen molar-refractivity contribution in [1.82, 2.24) is 4.90 Å². The van der Waals surface area contributed by atoms with Gasteiger partial charge >= 0.3 is 0 Å². The SMILES string of the molecule is C=CCN1C(N)=NCC1(C)C1CCC1. The van der Waals surface area contributed by atoms with Crippen LogP contribution >= 0.6 is 0 Å². The van der Waals surface area contributed by atoms with E-state index in [0.717, 1.165) is 19.0 Å². The second kappa shape index (κ2) is 3.30. The zero-order valence-corrected chi connectivity index (χ0v) is 8.87. The fraction of sp³-hybridized carbons (Fsp3) is 0.727. The Bertz CT molecular complexity index is 268. The minimum absolute atomic E-state index is 0.163. The molecular formula is C11H19N3.